The van der Waals surface area contributed by atoms with Crippen molar-refractivity contribution in [2.75, 3.05) is 19.6 Å². The molecule has 0 aliphatic carbocycles. The molecular formula is C13H16ClN3O3. The first kappa shape index (κ1) is 14.7. The van der Waals surface area contributed by atoms with E-state index in [2.05, 4.69) is 5.32 Å². The van der Waals surface area contributed by atoms with Crippen molar-refractivity contribution in [3.8, 4) is 0 Å². The van der Waals surface area contributed by atoms with Crippen LogP contribution in [0.5, 0.6) is 0 Å². The van der Waals surface area contributed by atoms with Gasteiger partial charge < -0.3 is 10.2 Å². The first-order chi connectivity index (χ1) is 9.33. The van der Waals surface area contributed by atoms with Crippen molar-refractivity contribution >= 4 is 23.2 Å². The number of nitrogens with zero attached hydrogens (tertiary/aromatic N) is 2. The maximum absolute atomic E-state index is 12.6. The average molecular weight is 298 g/mol. The molecule has 0 spiro atoms. The van der Waals surface area contributed by atoms with Gasteiger partial charge in [-0.1, -0.05) is 11.6 Å². The number of carbonyl (C=O) groups excluding carboxylic acids is 1. The molecule has 1 saturated heterocycles. The quantitative estimate of drug-likeness (QED) is 0.670. The molecule has 0 unspecified atom stereocenters. The number of nitrogens with one attached hydrogen (secondary N) is 1. The van der Waals surface area contributed by atoms with E-state index < -0.39 is 4.92 Å². The van der Waals surface area contributed by atoms with E-state index in [1.165, 1.54) is 18.2 Å². The Kier molecular flexibility index (Phi) is 3.96. The molecule has 1 fully saturated rings. The summed E-state index contributed by atoms with van der Waals surface area (Å²) in [5.41, 5.74) is -0.561. The maximum Gasteiger partial charge on any atom is 0.283 e. The van der Waals surface area contributed by atoms with Crippen molar-refractivity contribution < 1.29 is 9.72 Å². The zero-order valence-electron chi connectivity index (χ0n) is 11.4. The Morgan fingerprint density at radius 3 is 2.80 bits per heavy atom. The molecule has 7 heteroatoms. The van der Waals surface area contributed by atoms with E-state index >= 15 is 0 Å². The third kappa shape index (κ3) is 2.76. The van der Waals surface area contributed by atoms with Crippen LogP contribution in [-0.4, -0.2) is 40.9 Å². The van der Waals surface area contributed by atoms with Crippen LogP contribution in [0, 0.1) is 10.1 Å². The van der Waals surface area contributed by atoms with Gasteiger partial charge in [-0.05, 0) is 26.0 Å². The van der Waals surface area contributed by atoms with Crippen LogP contribution in [-0.2, 0) is 0 Å². The normalized spacial score (nSPS) is 17.9. The van der Waals surface area contributed by atoms with Crippen molar-refractivity contribution in [3.63, 3.8) is 0 Å². The van der Waals surface area contributed by atoms with E-state index in [9.17, 15) is 14.9 Å². The standard InChI is InChI=1S/C13H16ClN3O3/c1-13(2)8-15-5-6-16(13)12(18)10-4-3-9(14)7-11(10)17(19)20/h3-4,7,15H,5-6,8H2,1-2H3. The molecular weight excluding hydrogens is 282 g/mol. The molecule has 1 N–H and O–H groups in total. The Bertz CT molecular complexity index is 560. The fraction of sp³-hybridized carbons (Fsp3) is 0.462. The van der Waals surface area contributed by atoms with Crippen LogP contribution < -0.4 is 5.32 Å². The lowest BCUT2D eigenvalue weighted by Gasteiger charge is -2.42. The molecule has 1 amide bonds. The highest BCUT2D eigenvalue weighted by molar-refractivity contribution is 6.31. The first-order valence-corrected chi connectivity index (χ1v) is 6.67. The van der Waals surface area contributed by atoms with Gasteiger partial charge in [-0.2, -0.15) is 0 Å². The van der Waals surface area contributed by atoms with Gasteiger partial charge in [-0.25, -0.2) is 0 Å². The molecule has 2 rings (SSSR count). The van der Waals surface area contributed by atoms with E-state index in [1.54, 1.807) is 4.90 Å². The average Bonchev–Trinajstić information content (AvgIpc) is 2.37. The topological polar surface area (TPSA) is 75.5 Å². The van der Waals surface area contributed by atoms with E-state index in [-0.39, 0.29) is 27.7 Å². The first-order valence-electron chi connectivity index (χ1n) is 6.29. The van der Waals surface area contributed by atoms with Gasteiger partial charge in [-0.3, -0.25) is 14.9 Å². The van der Waals surface area contributed by atoms with Gasteiger partial charge in [0.15, 0.2) is 0 Å². The van der Waals surface area contributed by atoms with Crippen molar-refractivity contribution in [2.24, 2.45) is 0 Å². The van der Waals surface area contributed by atoms with Crippen molar-refractivity contribution in [1.29, 1.82) is 0 Å². The lowest BCUT2D eigenvalue weighted by Crippen LogP contribution is -2.59. The largest absolute Gasteiger partial charge is 0.331 e. The number of nitro groups is 1. The SMILES string of the molecule is CC1(C)CNCCN1C(=O)c1ccc(Cl)cc1[N+](=O)[O-]. The molecule has 6 nitrogen and oxygen atoms in total. The van der Waals surface area contributed by atoms with Crippen molar-refractivity contribution in [1.82, 2.24) is 10.2 Å². The summed E-state index contributed by atoms with van der Waals surface area (Å²) in [5, 5.41) is 14.5. The number of amides is 1. The van der Waals surface area contributed by atoms with E-state index in [0.717, 1.165) is 0 Å². The third-order valence-electron chi connectivity index (χ3n) is 3.43. The number of rotatable bonds is 2. The molecule has 0 saturated carbocycles. The number of nitro benzene ring substituents is 1. The minimum Gasteiger partial charge on any atom is -0.331 e. The number of hydrogen-bond donors (Lipinski definition) is 1. The van der Waals surface area contributed by atoms with Gasteiger partial charge in [0, 0.05) is 30.7 Å². The molecule has 0 bridgehead atoms. The Balaban J connectivity index is 2.40. The minimum atomic E-state index is -0.575. The summed E-state index contributed by atoms with van der Waals surface area (Å²) in [4.78, 5) is 24.8. The lowest BCUT2D eigenvalue weighted by molar-refractivity contribution is -0.385. The highest BCUT2D eigenvalue weighted by Gasteiger charge is 2.36. The molecule has 0 radical (unpaired) electrons. The van der Waals surface area contributed by atoms with Gasteiger partial charge in [0.05, 0.1) is 10.5 Å². The summed E-state index contributed by atoms with van der Waals surface area (Å²) in [6, 6.07) is 4.13. The Hall–Kier alpha value is -1.66. The second-order valence-corrected chi connectivity index (χ2v) is 5.80. The van der Waals surface area contributed by atoms with Crippen LogP contribution in [0.2, 0.25) is 5.02 Å². The highest BCUT2D eigenvalue weighted by Crippen LogP contribution is 2.27. The Morgan fingerprint density at radius 1 is 1.50 bits per heavy atom. The zero-order chi connectivity index (χ0) is 14.9. The predicted molar refractivity (Wildman–Crippen MR) is 76.1 cm³/mol. The number of benzene rings is 1. The van der Waals surface area contributed by atoms with E-state index in [1.807, 2.05) is 13.8 Å². The van der Waals surface area contributed by atoms with E-state index in [0.29, 0.717) is 19.6 Å². The predicted octanol–water partition coefficient (Wildman–Crippen LogP) is 2.07. The molecule has 1 aliphatic rings. The van der Waals surface area contributed by atoms with Gasteiger partial charge >= 0.3 is 0 Å². The van der Waals surface area contributed by atoms with Gasteiger partial charge in [0.25, 0.3) is 11.6 Å². The summed E-state index contributed by atoms with van der Waals surface area (Å²) < 4.78 is 0. The van der Waals surface area contributed by atoms with Crippen LogP contribution >= 0.6 is 11.6 Å². The van der Waals surface area contributed by atoms with Gasteiger partial charge in [-0.15, -0.1) is 0 Å². The summed E-state index contributed by atoms with van der Waals surface area (Å²) in [7, 11) is 0. The fourth-order valence-electron chi connectivity index (χ4n) is 2.34. The highest BCUT2D eigenvalue weighted by atomic mass is 35.5. The molecule has 1 aromatic rings. The number of piperazine rings is 1. The van der Waals surface area contributed by atoms with Crippen molar-refractivity contribution in [2.45, 2.75) is 19.4 Å². The van der Waals surface area contributed by atoms with Crippen LogP contribution in [0.15, 0.2) is 18.2 Å². The summed E-state index contributed by atoms with van der Waals surface area (Å²) in [6.07, 6.45) is 0. The fourth-order valence-corrected chi connectivity index (χ4v) is 2.51. The molecule has 20 heavy (non-hydrogen) atoms. The molecule has 0 aromatic heterocycles. The molecule has 0 atom stereocenters. The second-order valence-electron chi connectivity index (χ2n) is 5.36. The van der Waals surface area contributed by atoms with Gasteiger partial charge in [0.1, 0.15) is 5.56 Å². The molecule has 1 heterocycles. The summed E-state index contributed by atoms with van der Waals surface area (Å²) >= 11 is 5.77. The Labute approximate surface area is 121 Å². The summed E-state index contributed by atoms with van der Waals surface area (Å²) in [5.74, 6) is -0.333. The lowest BCUT2D eigenvalue weighted by atomic mass is 9.98. The van der Waals surface area contributed by atoms with Crippen LogP contribution in [0.3, 0.4) is 0 Å². The molecule has 1 aromatic carbocycles. The maximum atomic E-state index is 12.6. The smallest absolute Gasteiger partial charge is 0.283 e. The van der Waals surface area contributed by atoms with Crippen molar-refractivity contribution in [3.05, 3.63) is 38.9 Å². The molecule has 1 aliphatic heterocycles. The monoisotopic (exact) mass is 297 g/mol. The van der Waals surface area contributed by atoms with Crippen LogP contribution in [0.25, 0.3) is 0 Å². The number of hydrogen-bond acceptors (Lipinski definition) is 4. The molecule has 108 valence electrons. The number of carbonyl (C=O) groups is 1. The minimum absolute atomic E-state index is 0.0781. The Morgan fingerprint density at radius 2 is 2.20 bits per heavy atom. The zero-order valence-corrected chi connectivity index (χ0v) is 12.1. The summed E-state index contributed by atoms with van der Waals surface area (Å²) in [6.45, 7) is 5.71. The van der Waals surface area contributed by atoms with Crippen LogP contribution in [0.1, 0.15) is 24.2 Å². The van der Waals surface area contributed by atoms with Crippen LogP contribution in [0.4, 0.5) is 5.69 Å². The second kappa shape index (κ2) is 5.38. The third-order valence-corrected chi connectivity index (χ3v) is 3.67. The van der Waals surface area contributed by atoms with Gasteiger partial charge in [0.2, 0.25) is 0 Å². The van der Waals surface area contributed by atoms with E-state index in [4.69, 9.17) is 11.6 Å². The number of halogens is 1.